The fourth-order valence-electron chi connectivity index (χ4n) is 1.26. The highest BCUT2D eigenvalue weighted by Crippen LogP contribution is 2.15. The first kappa shape index (κ1) is 9.86. The number of ketones is 1. The van der Waals surface area contributed by atoms with Gasteiger partial charge in [-0.25, -0.2) is 0 Å². The predicted molar refractivity (Wildman–Crippen MR) is 51.2 cm³/mol. The van der Waals surface area contributed by atoms with Crippen molar-refractivity contribution >= 4 is 5.78 Å². The molecule has 0 aliphatic rings. The van der Waals surface area contributed by atoms with Crippen molar-refractivity contribution in [3.05, 3.63) is 29.6 Å². The average molecular weight is 178 g/mol. The van der Waals surface area contributed by atoms with Crippen LogP contribution in [-0.2, 0) is 11.2 Å². The first-order valence-corrected chi connectivity index (χ1v) is 4.35. The highest BCUT2D eigenvalue weighted by atomic mass is 16.1. The summed E-state index contributed by atoms with van der Waals surface area (Å²) in [6.45, 7) is 3.53. The Balaban J connectivity index is 3.05. The number of rotatable bonds is 3. The minimum Gasteiger partial charge on any atom is -0.318 e. The van der Waals surface area contributed by atoms with Crippen LogP contribution in [-0.4, -0.2) is 10.8 Å². The Morgan fingerprint density at radius 3 is 2.92 bits per heavy atom. The molecule has 1 atom stereocenters. The van der Waals surface area contributed by atoms with Gasteiger partial charge in [-0.05, 0) is 30.5 Å². The number of aromatic nitrogens is 1. The molecule has 0 saturated carbocycles. The van der Waals surface area contributed by atoms with Gasteiger partial charge in [0.2, 0.25) is 0 Å². The SMILES string of the molecule is CCc1ccncc1C(N)C(C)=O. The molecule has 13 heavy (non-hydrogen) atoms. The monoisotopic (exact) mass is 178 g/mol. The summed E-state index contributed by atoms with van der Waals surface area (Å²) in [4.78, 5) is 15.0. The molecule has 0 radical (unpaired) electrons. The van der Waals surface area contributed by atoms with Gasteiger partial charge in [0, 0.05) is 12.4 Å². The summed E-state index contributed by atoms with van der Waals surface area (Å²) in [5.74, 6) is -0.0253. The Hall–Kier alpha value is -1.22. The molecule has 3 nitrogen and oxygen atoms in total. The molecular formula is C10H14N2O. The van der Waals surface area contributed by atoms with E-state index in [1.54, 1.807) is 12.4 Å². The van der Waals surface area contributed by atoms with Gasteiger partial charge in [0.15, 0.2) is 5.78 Å². The summed E-state index contributed by atoms with van der Waals surface area (Å²) >= 11 is 0. The van der Waals surface area contributed by atoms with E-state index < -0.39 is 6.04 Å². The van der Waals surface area contributed by atoms with Gasteiger partial charge in [0.25, 0.3) is 0 Å². The molecule has 0 amide bonds. The molecule has 70 valence electrons. The molecule has 2 N–H and O–H groups in total. The number of carbonyl (C=O) groups excluding carboxylic acids is 1. The lowest BCUT2D eigenvalue weighted by atomic mass is 9.99. The van der Waals surface area contributed by atoms with Crippen molar-refractivity contribution in [2.75, 3.05) is 0 Å². The highest BCUT2D eigenvalue weighted by molar-refractivity contribution is 5.82. The Bertz CT molecular complexity index is 310. The van der Waals surface area contributed by atoms with Crippen molar-refractivity contribution in [2.45, 2.75) is 26.3 Å². The van der Waals surface area contributed by atoms with Gasteiger partial charge >= 0.3 is 0 Å². The molecule has 1 aromatic rings. The Kier molecular flexibility index (Phi) is 3.14. The second-order valence-electron chi connectivity index (χ2n) is 3.02. The second-order valence-corrected chi connectivity index (χ2v) is 3.02. The van der Waals surface area contributed by atoms with E-state index in [0.717, 1.165) is 17.5 Å². The zero-order valence-electron chi connectivity index (χ0n) is 7.95. The van der Waals surface area contributed by atoms with E-state index in [2.05, 4.69) is 4.98 Å². The van der Waals surface area contributed by atoms with Crippen LogP contribution in [0.2, 0.25) is 0 Å². The number of nitrogens with zero attached hydrogens (tertiary/aromatic N) is 1. The van der Waals surface area contributed by atoms with Gasteiger partial charge in [-0.3, -0.25) is 9.78 Å². The summed E-state index contributed by atoms with van der Waals surface area (Å²) in [6.07, 6.45) is 4.26. The third-order valence-electron chi connectivity index (χ3n) is 2.10. The fourth-order valence-corrected chi connectivity index (χ4v) is 1.26. The number of Topliss-reactive ketones (excluding diaryl/α,β-unsaturated/α-hetero) is 1. The van der Waals surface area contributed by atoms with E-state index in [4.69, 9.17) is 5.73 Å². The first-order chi connectivity index (χ1) is 6.16. The van der Waals surface area contributed by atoms with E-state index in [1.165, 1.54) is 6.92 Å². The Labute approximate surface area is 78.0 Å². The molecule has 3 heteroatoms. The molecule has 0 spiro atoms. The van der Waals surface area contributed by atoms with Crippen LogP contribution >= 0.6 is 0 Å². The summed E-state index contributed by atoms with van der Waals surface area (Å²) in [6, 6.07) is 1.38. The first-order valence-electron chi connectivity index (χ1n) is 4.35. The fraction of sp³-hybridized carbons (Fsp3) is 0.400. The summed E-state index contributed by atoms with van der Waals surface area (Å²) in [7, 11) is 0. The molecule has 0 aromatic carbocycles. The van der Waals surface area contributed by atoms with E-state index in [0.29, 0.717) is 0 Å². The number of hydrogen-bond acceptors (Lipinski definition) is 3. The summed E-state index contributed by atoms with van der Waals surface area (Å²) in [5, 5.41) is 0. The van der Waals surface area contributed by atoms with Crippen LogP contribution in [0.3, 0.4) is 0 Å². The maximum Gasteiger partial charge on any atom is 0.151 e. The average Bonchev–Trinajstić information content (AvgIpc) is 2.16. The van der Waals surface area contributed by atoms with Gasteiger partial charge in [0.05, 0.1) is 6.04 Å². The molecule has 0 aliphatic heterocycles. The number of hydrogen-bond donors (Lipinski definition) is 1. The maximum atomic E-state index is 11.1. The van der Waals surface area contributed by atoms with Gasteiger partial charge in [-0.2, -0.15) is 0 Å². The number of aryl methyl sites for hydroxylation is 1. The standard InChI is InChI=1S/C10H14N2O/c1-3-8-4-5-12-6-9(8)10(11)7(2)13/h4-6,10H,3,11H2,1-2H3. The van der Waals surface area contributed by atoms with Crippen molar-refractivity contribution < 1.29 is 4.79 Å². The molecule has 0 saturated heterocycles. The van der Waals surface area contributed by atoms with Crippen LogP contribution in [0.4, 0.5) is 0 Å². The van der Waals surface area contributed by atoms with Crippen molar-refractivity contribution in [2.24, 2.45) is 5.73 Å². The largest absolute Gasteiger partial charge is 0.318 e. The number of carbonyl (C=O) groups is 1. The molecule has 0 aliphatic carbocycles. The molecule has 1 rings (SSSR count). The number of pyridine rings is 1. The van der Waals surface area contributed by atoms with Gasteiger partial charge in [0.1, 0.15) is 0 Å². The smallest absolute Gasteiger partial charge is 0.151 e. The third kappa shape index (κ3) is 2.12. The van der Waals surface area contributed by atoms with Crippen molar-refractivity contribution in [1.82, 2.24) is 4.98 Å². The minimum atomic E-state index is -0.524. The molecule has 0 bridgehead atoms. The normalized spacial score (nSPS) is 12.5. The van der Waals surface area contributed by atoms with Crippen molar-refractivity contribution in [3.8, 4) is 0 Å². The van der Waals surface area contributed by atoms with Crippen molar-refractivity contribution in [1.29, 1.82) is 0 Å². The quantitative estimate of drug-likeness (QED) is 0.757. The topological polar surface area (TPSA) is 56.0 Å². The third-order valence-corrected chi connectivity index (χ3v) is 2.10. The Morgan fingerprint density at radius 1 is 1.69 bits per heavy atom. The van der Waals surface area contributed by atoms with E-state index >= 15 is 0 Å². The molecule has 0 fully saturated rings. The molecule has 1 aromatic heterocycles. The second kappa shape index (κ2) is 4.14. The number of nitrogens with two attached hydrogens (primary N) is 1. The lowest BCUT2D eigenvalue weighted by Gasteiger charge is -2.11. The van der Waals surface area contributed by atoms with Crippen LogP contribution in [0.1, 0.15) is 31.0 Å². The van der Waals surface area contributed by atoms with Crippen LogP contribution in [0, 0.1) is 0 Å². The molecule has 1 heterocycles. The highest BCUT2D eigenvalue weighted by Gasteiger charge is 2.13. The summed E-state index contributed by atoms with van der Waals surface area (Å²) < 4.78 is 0. The van der Waals surface area contributed by atoms with E-state index in [1.807, 2.05) is 13.0 Å². The lowest BCUT2D eigenvalue weighted by molar-refractivity contribution is -0.118. The van der Waals surface area contributed by atoms with Gasteiger partial charge in [-0.1, -0.05) is 6.92 Å². The van der Waals surface area contributed by atoms with Gasteiger partial charge < -0.3 is 5.73 Å². The molecule has 1 unspecified atom stereocenters. The predicted octanol–water partition coefficient (Wildman–Crippen LogP) is 1.23. The van der Waals surface area contributed by atoms with Crippen LogP contribution in [0.5, 0.6) is 0 Å². The van der Waals surface area contributed by atoms with Crippen molar-refractivity contribution in [3.63, 3.8) is 0 Å². The lowest BCUT2D eigenvalue weighted by Crippen LogP contribution is -2.20. The van der Waals surface area contributed by atoms with E-state index in [9.17, 15) is 4.79 Å². The maximum absolute atomic E-state index is 11.1. The van der Waals surface area contributed by atoms with Gasteiger partial charge in [-0.15, -0.1) is 0 Å². The zero-order valence-corrected chi connectivity index (χ0v) is 7.95. The van der Waals surface area contributed by atoms with E-state index in [-0.39, 0.29) is 5.78 Å². The minimum absolute atomic E-state index is 0.0253. The van der Waals surface area contributed by atoms with Crippen LogP contribution in [0.15, 0.2) is 18.5 Å². The summed E-state index contributed by atoms with van der Waals surface area (Å²) in [5.41, 5.74) is 7.66. The Morgan fingerprint density at radius 2 is 2.38 bits per heavy atom. The van der Waals surface area contributed by atoms with Crippen LogP contribution < -0.4 is 5.73 Å². The molecular weight excluding hydrogens is 164 g/mol. The van der Waals surface area contributed by atoms with Crippen LogP contribution in [0.25, 0.3) is 0 Å². The zero-order chi connectivity index (χ0) is 9.84.